The van der Waals surface area contributed by atoms with E-state index in [1.54, 1.807) is 6.07 Å². The summed E-state index contributed by atoms with van der Waals surface area (Å²) in [5, 5.41) is 1.89. The molecule has 0 saturated carbocycles. The number of benzene rings is 2. The summed E-state index contributed by atoms with van der Waals surface area (Å²) >= 11 is 2.95. The molecule has 1 amide bonds. The zero-order chi connectivity index (χ0) is 17.9. The molecular formula is C21H16N2OS2. The molecule has 4 rings (SSSR count). The second-order valence-corrected chi connectivity index (χ2v) is 7.67. The highest BCUT2D eigenvalue weighted by molar-refractivity contribution is 7.13. The van der Waals surface area contributed by atoms with Crippen molar-refractivity contribution in [3.63, 3.8) is 0 Å². The van der Waals surface area contributed by atoms with Crippen molar-refractivity contribution in [3.8, 4) is 21.7 Å². The van der Waals surface area contributed by atoms with Gasteiger partial charge in [-0.2, -0.15) is 4.99 Å². The Morgan fingerprint density at radius 3 is 2.15 bits per heavy atom. The highest BCUT2D eigenvalue weighted by Gasteiger charge is 2.16. The van der Waals surface area contributed by atoms with Crippen LogP contribution in [0, 0.1) is 0 Å². The van der Waals surface area contributed by atoms with Gasteiger partial charge >= 0.3 is 0 Å². The summed E-state index contributed by atoms with van der Waals surface area (Å²) in [6.45, 7) is 0. The Morgan fingerprint density at radius 2 is 1.54 bits per heavy atom. The van der Waals surface area contributed by atoms with Crippen LogP contribution in [0.15, 0.2) is 83.2 Å². The number of hydrogen-bond acceptors (Lipinski definition) is 3. The number of carbonyl (C=O) groups excluding carboxylic acids is 1. The summed E-state index contributed by atoms with van der Waals surface area (Å²) < 4.78 is 2.01. The molecule has 0 N–H and O–H groups in total. The van der Waals surface area contributed by atoms with E-state index in [1.165, 1.54) is 22.7 Å². The van der Waals surface area contributed by atoms with Gasteiger partial charge in [0.1, 0.15) is 0 Å². The highest BCUT2D eigenvalue weighted by atomic mass is 32.1. The molecule has 128 valence electrons. The molecule has 0 unspecified atom stereocenters. The lowest BCUT2D eigenvalue weighted by Gasteiger charge is -2.07. The van der Waals surface area contributed by atoms with Crippen LogP contribution in [0.25, 0.3) is 21.7 Å². The molecule has 0 aliphatic rings. The van der Waals surface area contributed by atoms with E-state index < -0.39 is 0 Å². The molecule has 0 aliphatic heterocycles. The molecule has 0 fully saturated rings. The van der Waals surface area contributed by atoms with Crippen LogP contribution in [-0.4, -0.2) is 10.5 Å². The van der Waals surface area contributed by atoms with E-state index in [4.69, 9.17) is 0 Å². The Kier molecular flexibility index (Phi) is 4.65. The fourth-order valence-corrected chi connectivity index (χ4v) is 4.55. The van der Waals surface area contributed by atoms with E-state index in [-0.39, 0.29) is 5.91 Å². The quantitative estimate of drug-likeness (QED) is 0.482. The summed E-state index contributed by atoms with van der Waals surface area (Å²) in [5.41, 5.74) is 3.30. The van der Waals surface area contributed by atoms with Crippen LogP contribution < -0.4 is 4.80 Å². The van der Waals surface area contributed by atoms with Gasteiger partial charge in [0, 0.05) is 7.05 Å². The van der Waals surface area contributed by atoms with Gasteiger partial charge in [0.05, 0.1) is 15.4 Å². The molecule has 0 atom stereocenters. The highest BCUT2D eigenvalue weighted by Crippen LogP contribution is 2.34. The lowest BCUT2D eigenvalue weighted by molar-refractivity contribution is 0.100. The van der Waals surface area contributed by atoms with E-state index in [9.17, 15) is 4.79 Å². The lowest BCUT2D eigenvalue weighted by atomic mass is 10.1. The molecular weight excluding hydrogens is 360 g/mol. The van der Waals surface area contributed by atoms with Gasteiger partial charge in [0.2, 0.25) is 0 Å². The van der Waals surface area contributed by atoms with Crippen molar-refractivity contribution in [3.05, 3.63) is 87.9 Å². The Bertz CT molecular complexity index is 1090. The minimum Gasteiger partial charge on any atom is -0.319 e. The van der Waals surface area contributed by atoms with E-state index in [0.29, 0.717) is 9.68 Å². The van der Waals surface area contributed by atoms with Crippen LogP contribution in [0.5, 0.6) is 0 Å². The number of thiophene rings is 1. The van der Waals surface area contributed by atoms with Crippen LogP contribution in [0.3, 0.4) is 0 Å². The fraction of sp³-hybridized carbons (Fsp3) is 0.0476. The minimum absolute atomic E-state index is 0.198. The number of nitrogens with zero attached hydrogens (tertiary/aromatic N) is 2. The van der Waals surface area contributed by atoms with Gasteiger partial charge < -0.3 is 4.57 Å². The van der Waals surface area contributed by atoms with Gasteiger partial charge in [-0.25, -0.2) is 0 Å². The van der Waals surface area contributed by atoms with Crippen LogP contribution in [0.2, 0.25) is 0 Å². The van der Waals surface area contributed by atoms with Crippen molar-refractivity contribution in [1.29, 1.82) is 0 Å². The molecule has 5 heteroatoms. The summed E-state index contributed by atoms with van der Waals surface area (Å²) in [7, 11) is 1.96. The maximum atomic E-state index is 12.5. The largest absolute Gasteiger partial charge is 0.319 e. The molecule has 2 heterocycles. The smallest absolute Gasteiger partial charge is 0.289 e. The SMILES string of the molecule is Cn1c(-c2ccccc2)c(-c2ccccc2)sc1=NC(=O)c1cccs1. The van der Waals surface area contributed by atoms with Gasteiger partial charge in [-0.15, -0.1) is 11.3 Å². The second-order valence-electron chi connectivity index (χ2n) is 5.75. The van der Waals surface area contributed by atoms with Crippen molar-refractivity contribution in [2.24, 2.45) is 12.0 Å². The first-order chi connectivity index (χ1) is 12.7. The average molecular weight is 377 g/mol. The molecule has 0 saturated heterocycles. The number of rotatable bonds is 3. The van der Waals surface area contributed by atoms with Gasteiger partial charge in [-0.3, -0.25) is 4.79 Å². The average Bonchev–Trinajstić information content (AvgIpc) is 3.32. The van der Waals surface area contributed by atoms with Gasteiger partial charge in [0.15, 0.2) is 4.80 Å². The third kappa shape index (κ3) is 3.19. The second kappa shape index (κ2) is 7.23. The van der Waals surface area contributed by atoms with Crippen molar-refractivity contribution in [2.45, 2.75) is 0 Å². The van der Waals surface area contributed by atoms with Gasteiger partial charge in [0.25, 0.3) is 5.91 Å². The van der Waals surface area contributed by atoms with E-state index >= 15 is 0 Å². The van der Waals surface area contributed by atoms with Crippen molar-refractivity contribution < 1.29 is 4.79 Å². The van der Waals surface area contributed by atoms with Crippen LogP contribution in [0.4, 0.5) is 0 Å². The van der Waals surface area contributed by atoms with Crippen LogP contribution in [0.1, 0.15) is 9.67 Å². The van der Waals surface area contributed by atoms with Gasteiger partial charge in [-0.1, -0.05) is 78.1 Å². The number of thiazole rings is 1. The molecule has 0 bridgehead atoms. The number of amides is 1. The van der Waals surface area contributed by atoms with Crippen molar-refractivity contribution in [2.75, 3.05) is 0 Å². The third-order valence-electron chi connectivity index (χ3n) is 4.04. The van der Waals surface area contributed by atoms with Gasteiger partial charge in [-0.05, 0) is 22.6 Å². The lowest BCUT2D eigenvalue weighted by Crippen LogP contribution is -2.14. The first kappa shape index (κ1) is 16.7. The summed E-state index contributed by atoms with van der Waals surface area (Å²) in [6.07, 6.45) is 0. The minimum atomic E-state index is -0.198. The van der Waals surface area contributed by atoms with E-state index in [2.05, 4.69) is 29.3 Å². The zero-order valence-electron chi connectivity index (χ0n) is 14.1. The maximum Gasteiger partial charge on any atom is 0.289 e. The molecule has 26 heavy (non-hydrogen) atoms. The third-order valence-corrected chi connectivity index (χ3v) is 6.08. The molecule has 4 aromatic rings. The number of carbonyl (C=O) groups is 1. The van der Waals surface area contributed by atoms with Crippen LogP contribution >= 0.6 is 22.7 Å². The normalized spacial score (nSPS) is 11.7. The number of hydrogen-bond donors (Lipinski definition) is 0. The summed E-state index contributed by atoms with van der Waals surface area (Å²) in [5.74, 6) is -0.198. The Morgan fingerprint density at radius 1 is 0.885 bits per heavy atom. The molecule has 0 spiro atoms. The zero-order valence-corrected chi connectivity index (χ0v) is 15.8. The molecule has 0 radical (unpaired) electrons. The maximum absolute atomic E-state index is 12.5. The van der Waals surface area contributed by atoms with Crippen molar-refractivity contribution >= 4 is 28.6 Å². The van der Waals surface area contributed by atoms with Crippen molar-refractivity contribution in [1.82, 2.24) is 4.57 Å². The first-order valence-corrected chi connectivity index (χ1v) is 9.87. The molecule has 0 aliphatic carbocycles. The van der Waals surface area contributed by atoms with E-state index in [0.717, 1.165) is 21.7 Å². The Hall–Kier alpha value is -2.76. The molecule has 2 aromatic carbocycles. The summed E-state index contributed by atoms with van der Waals surface area (Å²) in [4.78, 5) is 19.3. The predicted octanol–water partition coefficient (Wildman–Crippen LogP) is 5.22. The van der Waals surface area contributed by atoms with Crippen LogP contribution in [-0.2, 0) is 7.05 Å². The standard InChI is InChI=1S/C21H16N2OS2/c1-23-18(15-9-4-2-5-10-15)19(16-11-6-3-7-12-16)26-21(23)22-20(24)17-13-8-14-25-17/h2-14H,1H3. The predicted molar refractivity (Wildman–Crippen MR) is 108 cm³/mol. The topological polar surface area (TPSA) is 34.4 Å². The number of aromatic nitrogens is 1. The molecule has 2 aromatic heterocycles. The first-order valence-electron chi connectivity index (χ1n) is 8.17. The monoisotopic (exact) mass is 376 g/mol. The fourth-order valence-electron chi connectivity index (χ4n) is 2.80. The van der Waals surface area contributed by atoms with E-state index in [1.807, 2.05) is 59.5 Å². The Labute approximate surface area is 159 Å². The molecule has 3 nitrogen and oxygen atoms in total. The Balaban J connectivity index is 1.93. The summed E-state index contributed by atoms with van der Waals surface area (Å²) in [6, 6.07) is 24.1.